The van der Waals surface area contributed by atoms with E-state index in [1.165, 1.54) is 22.5 Å². The molecule has 0 heterocycles. The molecule has 5 nitrogen and oxygen atoms in total. The number of nitrogens with zero attached hydrogens (tertiary/aromatic N) is 1. The van der Waals surface area contributed by atoms with Gasteiger partial charge in [0.15, 0.2) is 0 Å². The van der Waals surface area contributed by atoms with E-state index in [2.05, 4.69) is 43.4 Å². The Balaban J connectivity index is 1.52. The highest BCUT2D eigenvalue weighted by atomic mass is 32.2. The summed E-state index contributed by atoms with van der Waals surface area (Å²) in [4.78, 5) is 0.265. The van der Waals surface area contributed by atoms with Crippen LogP contribution in [0, 0.1) is 5.92 Å². The molecule has 2 N–H and O–H groups in total. The van der Waals surface area contributed by atoms with Gasteiger partial charge in [-0.2, -0.15) is 4.31 Å². The molecule has 0 saturated heterocycles. The van der Waals surface area contributed by atoms with E-state index in [-0.39, 0.29) is 17.0 Å². The van der Waals surface area contributed by atoms with E-state index in [0.29, 0.717) is 17.9 Å². The zero-order chi connectivity index (χ0) is 22.6. The van der Waals surface area contributed by atoms with Crippen molar-refractivity contribution in [1.82, 2.24) is 9.62 Å². The number of aliphatic hydroxyl groups is 1. The Bertz CT molecular complexity index is 969. The lowest BCUT2D eigenvalue weighted by atomic mass is 9.73. The van der Waals surface area contributed by atoms with Gasteiger partial charge in [-0.1, -0.05) is 54.8 Å². The van der Waals surface area contributed by atoms with Crippen molar-refractivity contribution in [2.45, 2.75) is 56.5 Å². The standard InChI is InChI=1S/C24H34BN2O3S/c1-24(2,15-18-13-19-9-5-6-10-20(19)14-18)26-16-21(28)17-27(4)31(29,30)23-12-8-7-11-22(23)25-3/h5-12,18,21,26,28H,13-17H2,1-4H3. The molecule has 1 aliphatic rings. The summed E-state index contributed by atoms with van der Waals surface area (Å²) in [5, 5.41) is 14.0. The van der Waals surface area contributed by atoms with Crippen molar-refractivity contribution in [3.63, 3.8) is 0 Å². The molecule has 7 heteroatoms. The van der Waals surface area contributed by atoms with E-state index < -0.39 is 16.1 Å². The van der Waals surface area contributed by atoms with E-state index in [1.807, 2.05) is 12.9 Å². The van der Waals surface area contributed by atoms with Crippen LogP contribution in [0.15, 0.2) is 53.4 Å². The lowest BCUT2D eigenvalue weighted by molar-refractivity contribution is 0.135. The minimum Gasteiger partial charge on any atom is -0.390 e. The fourth-order valence-electron chi connectivity index (χ4n) is 4.56. The van der Waals surface area contributed by atoms with Crippen LogP contribution in [0.5, 0.6) is 0 Å². The molecule has 2 aromatic rings. The van der Waals surface area contributed by atoms with Gasteiger partial charge < -0.3 is 10.4 Å². The summed E-state index contributed by atoms with van der Waals surface area (Å²) in [5.74, 6) is 0.585. The number of hydrogen-bond donors (Lipinski definition) is 2. The van der Waals surface area contributed by atoms with Crippen LogP contribution in [0.1, 0.15) is 31.4 Å². The summed E-state index contributed by atoms with van der Waals surface area (Å²) in [5.41, 5.74) is 3.41. The molecule has 1 aliphatic carbocycles. The van der Waals surface area contributed by atoms with Gasteiger partial charge in [-0.15, -0.1) is 0 Å². The minimum atomic E-state index is -3.67. The van der Waals surface area contributed by atoms with Crippen molar-refractivity contribution < 1.29 is 13.5 Å². The molecule has 1 atom stereocenters. The Kier molecular flexibility index (Phi) is 7.63. The molecule has 0 spiro atoms. The van der Waals surface area contributed by atoms with Crippen molar-refractivity contribution >= 4 is 22.8 Å². The normalized spacial score (nSPS) is 15.8. The molecular weight excluding hydrogens is 407 g/mol. The Hall–Kier alpha value is -1.67. The largest absolute Gasteiger partial charge is 0.390 e. The van der Waals surface area contributed by atoms with Gasteiger partial charge in [-0.3, -0.25) is 0 Å². The number of fused-ring (bicyclic) bond motifs is 1. The Labute approximate surface area is 188 Å². The first-order valence-electron chi connectivity index (χ1n) is 11.0. The number of nitrogens with one attached hydrogen (secondary N) is 1. The van der Waals surface area contributed by atoms with Crippen LogP contribution in [-0.4, -0.2) is 56.9 Å². The van der Waals surface area contributed by atoms with Crippen molar-refractivity contribution in [2.75, 3.05) is 20.1 Å². The topological polar surface area (TPSA) is 69.6 Å². The molecule has 2 aromatic carbocycles. The maximum atomic E-state index is 13.0. The quantitative estimate of drug-likeness (QED) is 0.555. The number of sulfonamides is 1. The molecule has 1 radical (unpaired) electrons. The molecule has 31 heavy (non-hydrogen) atoms. The average molecular weight is 441 g/mol. The van der Waals surface area contributed by atoms with Gasteiger partial charge in [-0.05, 0) is 56.2 Å². The highest BCUT2D eigenvalue weighted by Gasteiger charge is 2.29. The molecule has 0 saturated carbocycles. The van der Waals surface area contributed by atoms with Crippen molar-refractivity contribution in [1.29, 1.82) is 0 Å². The fraction of sp³-hybridized carbons (Fsp3) is 0.500. The third kappa shape index (κ3) is 5.98. The third-order valence-corrected chi connectivity index (χ3v) is 8.03. The summed E-state index contributed by atoms with van der Waals surface area (Å²) < 4.78 is 27.2. The van der Waals surface area contributed by atoms with E-state index in [1.54, 1.807) is 25.5 Å². The van der Waals surface area contributed by atoms with Gasteiger partial charge in [0, 0.05) is 25.7 Å². The van der Waals surface area contributed by atoms with Crippen LogP contribution < -0.4 is 10.8 Å². The second kappa shape index (κ2) is 9.86. The second-order valence-electron chi connectivity index (χ2n) is 9.28. The minimum absolute atomic E-state index is 0.0400. The number of β-amino-alcohol motifs (C(OH)–C–C–N with tert-alkyl or cyclic N) is 1. The number of benzene rings is 2. The van der Waals surface area contributed by atoms with Crippen molar-refractivity contribution in [3.05, 3.63) is 59.7 Å². The summed E-state index contributed by atoms with van der Waals surface area (Å²) in [6.07, 6.45) is 2.40. The maximum absolute atomic E-state index is 13.0. The van der Waals surface area contributed by atoms with Crippen LogP contribution in [0.25, 0.3) is 0 Å². The van der Waals surface area contributed by atoms with E-state index in [9.17, 15) is 13.5 Å². The van der Waals surface area contributed by atoms with Crippen LogP contribution >= 0.6 is 0 Å². The van der Waals surface area contributed by atoms with Gasteiger partial charge in [-0.25, -0.2) is 8.42 Å². The average Bonchev–Trinajstić information content (AvgIpc) is 3.13. The third-order valence-electron chi connectivity index (χ3n) is 6.14. The highest BCUT2D eigenvalue weighted by Crippen LogP contribution is 2.31. The second-order valence-corrected chi connectivity index (χ2v) is 11.3. The fourth-order valence-corrected chi connectivity index (χ4v) is 6.00. The molecule has 0 fully saturated rings. The predicted molar refractivity (Wildman–Crippen MR) is 128 cm³/mol. The van der Waals surface area contributed by atoms with Gasteiger partial charge >= 0.3 is 0 Å². The van der Waals surface area contributed by atoms with Gasteiger partial charge in [0.2, 0.25) is 10.0 Å². The zero-order valence-corrected chi connectivity index (χ0v) is 19.8. The molecule has 0 bridgehead atoms. The first-order valence-corrected chi connectivity index (χ1v) is 12.4. The Morgan fingerprint density at radius 2 is 1.71 bits per heavy atom. The van der Waals surface area contributed by atoms with E-state index >= 15 is 0 Å². The first-order chi connectivity index (χ1) is 14.6. The first kappa shape index (κ1) is 24.0. The van der Waals surface area contributed by atoms with Gasteiger partial charge in [0.25, 0.3) is 0 Å². The smallest absolute Gasteiger partial charge is 0.242 e. The number of rotatable bonds is 10. The number of aliphatic hydroxyl groups excluding tert-OH is 1. The summed E-state index contributed by atoms with van der Waals surface area (Å²) in [6, 6.07) is 15.5. The van der Waals surface area contributed by atoms with Crippen LogP contribution in [0.3, 0.4) is 0 Å². The monoisotopic (exact) mass is 441 g/mol. The molecule has 0 aromatic heterocycles. The predicted octanol–water partition coefficient (Wildman–Crippen LogP) is 2.22. The zero-order valence-electron chi connectivity index (χ0n) is 19.0. The maximum Gasteiger partial charge on any atom is 0.242 e. The number of hydrogen-bond acceptors (Lipinski definition) is 4. The lowest BCUT2D eigenvalue weighted by Gasteiger charge is -2.31. The van der Waals surface area contributed by atoms with Crippen molar-refractivity contribution in [2.24, 2.45) is 5.92 Å². The molecule has 3 rings (SSSR count). The van der Waals surface area contributed by atoms with E-state index in [4.69, 9.17) is 0 Å². The Morgan fingerprint density at radius 1 is 1.13 bits per heavy atom. The van der Waals surface area contributed by atoms with Crippen LogP contribution in [-0.2, 0) is 22.9 Å². The van der Waals surface area contributed by atoms with Crippen molar-refractivity contribution in [3.8, 4) is 0 Å². The molecule has 0 amide bonds. The summed E-state index contributed by atoms with van der Waals surface area (Å²) in [6.45, 7) is 6.50. The van der Waals surface area contributed by atoms with E-state index in [0.717, 1.165) is 19.3 Å². The molecule has 167 valence electrons. The summed E-state index contributed by atoms with van der Waals surface area (Å²) >= 11 is 0. The SMILES string of the molecule is C[B]c1ccccc1S(=O)(=O)N(C)CC(O)CNC(C)(C)CC1Cc2ccccc2C1. The number of likely N-dealkylation sites (N-methyl/N-ethyl adjacent to an activating group) is 1. The van der Waals surface area contributed by atoms with Crippen LogP contribution in [0.4, 0.5) is 0 Å². The van der Waals surface area contributed by atoms with Gasteiger partial charge in [0.05, 0.1) is 11.0 Å². The summed E-state index contributed by atoms with van der Waals surface area (Å²) in [7, 11) is -0.366. The molecule has 1 unspecified atom stereocenters. The Morgan fingerprint density at radius 3 is 2.32 bits per heavy atom. The molecule has 0 aliphatic heterocycles. The lowest BCUT2D eigenvalue weighted by Crippen LogP contribution is -2.47. The van der Waals surface area contributed by atoms with Crippen LogP contribution in [0.2, 0.25) is 6.82 Å². The van der Waals surface area contributed by atoms with Gasteiger partial charge in [0.1, 0.15) is 7.28 Å². The molecular formula is C24H34BN2O3S. The highest BCUT2D eigenvalue weighted by molar-refractivity contribution is 7.89.